The van der Waals surface area contributed by atoms with Gasteiger partial charge >= 0.3 is 0 Å². The maximum Gasteiger partial charge on any atom is 0.162 e. The van der Waals surface area contributed by atoms with E-state index in [0.717, 1.165) is 44.1 Å². The van der Waals surface area contributed by atoms with Crippen LogP contribution in [0.4, 0.5) is 0 Å². The molecule has 0 spiro atoms. The molecule has 5 heteroatoms. The standard InChI is InChI=1S/C11H18N4O/c1-7-4-5-16-10(7)11-14-13-9-3-2-8(12)6-15(9)11/h7-8,10H,2-6,12H2,1H3. The SMILES string of the molecule is CC1CCOC1c1nnc2n1CC(N)CC2. The van der Waals surface area contributed by atoms with Crippen molar-refractivity contribution in [1.82, 2.24) is 14.8 Å². The molecule has 3 rings (SSSR count). The van der Waals surface area contributed by atoms with Gasteiger partial charge in [0.2, 0.25) is 0 Å². The van der Waals surface area contributed by atoms with Crippen LogP contribution in [0.15, 0.2) is 0 Å². The van der Waals surface area contributed by atoms with Crippen molar-refractivity contribution in [2.45, 2.75) is 44.9 Å². The quantitative estimate of drug-likeness (QED) is 0.757. The molecule has 16 heavy (non-hydrogen) atoms. The molecule has 1 saturated heterocycles. The summed E-state index contributed by atoms with van der Waals surface area (Å²) in [7, 11) is 0. The summed E-state index contributed by atoms with van der Waals surface area (Å²) in [6, 6.07) is 0.235. The third kappa shape index (κ3) is 1.55. The van der Waals surface area contributed by atoms with E-state index in [1.165, 1.54) is 0 Å². The largest absolute Gasteiger partial charge is 0.370 e. The first-order valence-corrected chi connectivity index (χ1v) is 6.05. The molecule has 3 unspecified atom stereocenters. The van der Waals surface area contributed by atoms with Gasteiger partial charge in [-0.3, -0.25) is 0 Å². The van der Waals surface area contributed by atoms with E-state index in [-0.39, 0.29) is 12.1 Å². The summed E-state index contributed by atoms with van der Waals surface area (Å²) in [5.41, 5.74) is 5.99. The van der Waals surface area contributed by atoms with Crippen molar-refractivity contribution in [2.75, 3.05) is 6.61 Å². The second kappa shape index (κ2) is 3.82. The summed E-state index contributed by atoms with van der Waals surface area (Å²) >= 11 is 0. The van der Waals surface area contributed by atoms with Gasteiger partial charge in [-0.25, -0.2) is 0 Å². The number of aryl methyl sites for hydroxylation is 1. The van der Waals surface area contributed by atoms with Gasteiger partial charge in [0.1, 0.15) is 11.9 Å². The van der Waals surface area contributed by atoms with Crippen LogP contribution in [0, 0.1) is 5.92 Å². The van der Waals surface area contributed by atoms with E-state index in [4.69, 9.17) is 10.5 Å². The van der Waals surface area contributed by atoms with Gasteiger partial charge in [-0.15, -0.1) is 10.2 Å². The number of aromatic nitrogens is 3. The zero-order valence-electron chi connectivity index (χ0n) is 9.59. The van der Waals surface area contributed by atoms with Crippen molar-refractivity contribution >= 4 is 0 Å². The van der Waals surface area contributed by atoms with E-state index in [1.807, 2.05) is 0 Å². The molecular weight excluding hydrogens is 204 g/mol. The number of hydrogen-bond donors (Lipinski definition) is 1. The van der Waals surface area contributed by atoms with Gasteiger partial charge in [-0.05, 0) is 18.8 Å². The first-order valence-electron chi connectivity index (χ1n) is 6.05. The summed E-state index contributed by atoms with van der Waals surface area (Å²) in [4.78, 5) is 0. The van der Waals surface area contributed by atoms with E-state index in [2.05, 4.69) is 21.7 Å². The van der Waals surface area contributed by atoms with E-state index in [1.54, 1.807) is 0 Å². The van der Waals surface area contributed by atoms with Crippen LogP contribution in [0.5, 0.6) is 0 Å². The van der Waals surface area contributed by atoms with E-state index in [0.29, 0.717) is 5.92 Å². The van der Waals surface area contributed by atoms with Crippen LogP contribution >= 0.6 is 0 Å². The number of rotatable bonds is 1. The van der Waals surface area contributed by atoms with E-state index >= 15 is 0 Å². The van der Waals surface area contributed by atoms with Gasteiger partial charge in [0, 0.05) is 25.6 Å². The Morgan fingerprint density at radius 2 is 2.25 bits per heavy atom. The van der Waals surface area contributed by atoms with Crippen molar-refractivity contribution in [1.29, 1.82) is 0 Å². The van der Waals surface area contributed by atoms with Gasteiger partial charge in [0.15, 0.2) is 5.82 Å². The van der Waals surface area contributed by atoms with Crippen molar-refractivity contribution in [3.05, 3.63) is 11.6 Å². The Morgan fingerprint density at radius 1 is 1.38 bits per heavy atom. The Balaban J connectivity index is 1.93. The summed E-state index contributed by atoms with van der Waals surface area (Å²) < 4.78 is 7.91. The minimum Gasteiger partial charge on any atom is -0.370 e. The molecule has 1 aromatic heterocycles. The maximum atomic E-state index is 5.99. The Labute approximate surface area is 95.0 Å². The van der Waals surface area contributed by atoms with Crippen LogP contribution in [0.3, 0.4) is 0 Å². The smallest absolute Gasteiger partial charge is 0.162 e. The highest BCUT2D eigenvalue weighted by atomic mass is 16.5. The zero-order valence-corrected chi connectivity index (χ0v) is 9.59. The minimum atomic E-state index is 0.117. The van der Waals surface area contributed by atoms with Crippen LogP contribution in [0.1, 0.15) is 37.5 Å². The molecule has 0 aliphatic carbocycles. The fourth-order valence-electron chi connectivity index (χ4n) is 2.61. The van der Waals surface area contributed by atoms with Crippen LogP contribution < -0.4 is 5.73 Å². The van der Waals surface area contributed by atoms with Crippen LogP contribution in [0.25, 0.3) is 0 Å². The third-order valence-electron chi connectivity index (χ3n) is 3.65. The number of hydrogen-bond acceptors (Lipinski definition) is 4. The number of nitrogens with zero attached hydrogens (tertiary/aromatic N) is 3. The minimum absolute atomic E-state index is 0.117. The summed E-state index contributed by atoms with van der Waals surface area (Å²) in [6.45, 7) is 3.88. The lowest BCUT2D eigenvalue weighted by Crippen LogP contribution is -2.33. The lowest BCUT2D eigenvalue weighted by molar-refractivity contribution is 0.0830. The molecule has 0 amide bonds. The average Bonchev–Trinajstić information content (AvgIpc) is 2.83. The molecule has 0 radical (unpaired) electrons. The highest BCUT2D eigenvalue weighted by molar-refractivity contribution is 5.05. The topological polar surface area (TPSA) is 66.0 Å². The van der Waals surface area contributed by atoms with Crippen molar-refractivity contribution in [3.63, 3.8) is 0 Å². The molecule has 0 bridgehead atoms. The Bertz CT molecular complexity index is 389. The summed E-state index contributed by atoms with van der Waals surface area (Å²) in [5.74, 6) is 2.58. The summed E-state index contributed by atoms with van der Waals surface area (Å²) in [6.07, 6.45) is 3.18. The predicted molar refractivity (Wildman–Crippen MR) is 58.8 cm³/mol. The first-order chi connectivity index (χ1) is 7.75. The maximum absolute atomic E-state index is 5.99. The highest BCUT2D eigenvalue weighted by Gasteiger charge is 2.32. The first kappa shape index (κ1) is 10.2. The normalized spacial score (nSPS) is 34.0. The molecule has 1 aromatic rings. The molecule has 3 heterocycles. The van der Waals surface area contributed by atoms with Gasteiger partial charge in [-0.2, -0.15) is 0 Å². The van der Waals surface area contributed by atoms with Crippen molar-refractivity contribution < 1.29 is 4.74 Å². The third-order valence-corrected chi connectivity index (χ3v) is 3.65. The van der Waals surface area contributed by atoms with Gasteiger partial charge in [0.05, 0.1) is 0 Å². The average molecular weight is 222 g/mol. The fraction of sp³-hybridized carbons (Fsp3) is 0.818. The molecule has 2 aliphatic heterocycles. The van der Waals surface area contributed by atoms with Crippen molar-refractivity contribution in [3.8, 4) is 0 Å². The molecule has 0 saturated carbocycles. The van der Waals surface area contributed by atoms with Gasteiger partial charge < -0.3 is 15.0 Å². The molecule has 2 aliphatic rings. The fourth-order valence-corrected chi connectivity index (χ4v) is 2.61. The molecule has 2 N–H and O–H groups in total. The lowest BCUT2D eigenvalue weighted by atomic mass is 10.0. The molecule has 3 atom stereocenters. The van der Waals surface area contributed by atoms with Gasteiger partial charge in [-0.1, -0.05) is 6.92 Å². The molecule has 5 nitrogen and oxygen atoms in total. The van der Waals surface area contributed by atoms with Crippen LogP contribution in [-0.4, -0.2) is 27.4 Å². The highest BCUT2D eigenvalue weighted by Crippen LogP contribution is 2.34. The molecule has 1 fully saturated rings. The zero-order chi connectivity index (χ0) is 11.1. The second-order valence-corrected chi connectivity index (χ2v) is 4.94. The Kier molecular flexibility index (Phi) is 2.44. The van der Waals surface area contributed by atoms with Gasteiger partial charge in [0.25, 0.3) is 0 Å². The Morgan fingerprint density at radius 3 is 3.00 bits per heavy atom. The lowest BCUT2D eigenvalue weighted by Gasteiger charge is -2.23. The monoisotopic (exact) mass is 222 g/mol. The van der Waals surface area contributed by atoms with E-state index < -0.39 is 0 Å². The second-order valence-electron chi connectivity index (χ2n) is 4.94. The van der Waals surface area contributed by atoms with Crippen LogP contribution in [0.2, 0.25) is 0 Å². The number of fused-ring (bicyclic) bond motifs is 1. The van der Waals surface area contributed by atoms with Crippen molar-refractivity contribution in [2.24, 2.45) is 11.7 Å². The summed E-state index contributed by atoms with van der Waals surface area (Å²) in [5, 5.41) is 8.54. The Hall–Kier alpha value is -0.940. The molecular formula is C11H18N4O. The number of ether oxygens (including phenoxy) is 1. The molecule has 88 valence electrons. The van der Waals surface area contributed by atoms with Crippen LogP contribution in [-0.2, 0) is 17.7 Å². The number of nitrogens with two attached hydrogens (primary N) is 1. The van der Waals surface area contributed by atoms with E-state index in [9.17, 15) is 0 Å². The predicted octanol–water partition coefficient (Wildman–Crippen LogP) is 0.649. The molecule has 0 aromatic carbocycles.